The zero-order chi connectivity index (χ0) is 8.81. The monoisotopic (exact) mass is 162 g/mol. The van der Waals surface area contributed by atoms with Crippen molar-refractivity contribution in [2.24, 2.45) is 0 Å². The summed E-state index contributed by atoms with van der Waals surface area (Å²) in [6.07, 6.45) is 8.35. The molecular formula is C10H10O2. The third-order valence-corrected chi connectivity index (χ3v) is 1.25. The van der Waals surface area contributed by atoms with Crippen molar-refractivity contribution in [3.05, 3.63) is 42.4 Å². The van der Waals surface area contributed by atoms with Gasteiger partial charge in [0.15, 0.2) is 5.78 Å². The first-order valence-corrected chi connectivity index (χ1v) is 3.68. The SMILES string of the molecule is CC(=O)/C=C\C=C\c1ccco1. The highest BCUT2D eigenvalue weighted by Gasteiger charge is 1.84. The second kappa shape index (κ2) is 4.34. The Hall–Kier alpha value is -1.57. The van der Waals surface area contributed by atoms with Gasteiger partial charge in [-0.15, -0.1) is 0 Å². The Kier molecular flexibility index (Phi) is 3.08. The molecular weight excluding hydrogens is 152 g/mol. The lowest BCUT2D eigenvalue weighted by molar-refractivity contribution is -0.112. The molecule has 0 spiro atoms. The van der Waals surface area contributed by atoms with E-state index in [1.807, 2.05) is 12.1 Å². The molecule has 0 radical (unpaired) electrons. The molecule has 0 aliphatic carbocycles. The van der Waals surface area contributed by atoms with Gasteiger partial charge >= 0.3 is 0 Å². The van der Waals surface area contributed by atoms with Crippen LogP contribution in [0.15, 0.2) is 41.0 Å². The van der Waals surface area contributed by atoms with Gasteiger partial charge in [0.1, 0.15) is 5.76 Å². The first-order valence-electron chi connectivity index (χ1n) is 3.68. The molecule has 0 N–H and O–H groups in total. The van der Waals surface area contributed by atoms with Crippen molar-refractivity contribution < 1.29 is 9.21 Å². The fourth-order valence-electron chi connectivity index (χ4n) is 0.728. The van der Waals surface area contributed by atoms with Crippen LogP contribution < -0.4 is 0 Å². The Balaban J connectivity index is 2.47. The van der Waals surface area contributed by atoms with Crippen LogP contribution in [0.1, 0.15) is 12.7 Å². The van der Waals surface area contributed by atoms with Crippen LogP contribution in [0.2, 0.25) is 0 Å². The minimum Gasteiger partial charge on any atom is -0.465 e. The van der Waals surface area contributed by atoms with E-state index in [1.165, 1.54) is 13.0 Å². The van der Waals surface area contributed by atoms with Crippen LogP contribution in [-0.2, 0) is 4.79 Å². The van der Waals surface area contributed by atoms with Crippen LogP contribution in [0, 0.1) is 0 Å². The zero-order valence-electron chi connectivity index (χ0n) is 6.86. The van der Waals surface area contributed by atoms with Crippen LogP contribution in [0.25, 0.3) is 6.08 Å². The summed E-state index contributed by atoms with van der Waals surface area (Å²) in [5.41, 5.74) is 0. The molecule has 1 aromatic heterocycles. The summed E-state index contributed by atoms with van der Waals surface area (Å²) in [7, 11) is 0. The topological polar surface area (TPSA) is 30.2 Å². The van der Waals surface area contributed by atoms with Gasteiger partial charge in [0.2, 0.25) is 0 Å². The van der Waals surface area contributed by atoms with Crippen molar-refractivity contribution in [1.82, 2.24) is 0 Å². The molecule has 1 heterocycles. The Morgan fingerprint density at radius 2 is 2.33 bits per heavy atom. The van der Waals surface area contributed by atoms with Gasteiger partial charge in [0.05, 0.1) is 6.26 Å². The standard InChI is InChI=1S/C10H10O2/c1-9(11)5-2-3-6-10-7-4-8-12-10/h2-8H,1H3/b5-2-,6-3+. The quantitative estimate of drug-likeness (QED) is 0.504. The molecule has 62 valence electrons. The summed E-state index contributed by atoms with van der Waals surface area (Å²) in [5.74, 6) is 0.822. The summed E-state index contributed by atoms with van der Waals surface area (Å²) in [4.78, 5) is 10.5. The summed E-state index contributed by atoms with van der Waals surface area (Å²) in [6.45, 7) is 1.51. The molecule has 1 aromatic rings. The van der Waals surface area contributed by atoms with Crippen LogP contribution in [0.4, 0.5) is 0 Å². The van der Waals surface area contributed by atoms with Crippen molar-refractivity contribution in [1.29, 1.82) is 0 Å². The lowest BCUT2D eigenvalue weighted by Crippen LogP contribution is -1.77. The maximum Gasteiger partial charge on any atom is 0.152 e. The Labute approximate surface area is 71.2 Å². The highest BCUT2D eigenvalue weighted by atomic mass is 16.3. The van der Waals surface area contributed by atoms with Gasteiger partial charge in [0, 0.05) is 0 Å². The number of ketones is 1. The maximum atomic E-state index is 10.5. The molecule has 0 fully saturated rings. The summed E-state index contributed by atoms with van der Waals surface area (Å²) >= 11 is 0. The molecule has 0 saturated carbocycles. The first kappa shape index (κ1) is 8.53. The lowest BCUT2D eigenvalue weighted by atomic mass is 10.3. The average Bonchev–Trinajstić information content (AvgIpc) is 2.49. The zero-order valence-corrected chi connectivity index (χ0v) is 6.86. The van der Waals surface area contributed by atoms with E-state index in [1.54, 1.807) is 24.5 Å². The van der Waals surface area contributed by atoms with Gasteiger partial charge in [0.25, 0.3) is 0 Å². The van der Waals surface area contributed by atoms with E-state index in [-0.39, 0.29) is 5.78 Å². The second-order valence-corrected chi connectivity index (χ2v) is 2.34. The average molecular weight is 162 g/mol. The van der Waals surface area contributed by atoms with Gasteiger partial charge in [-0.25, -0.2) is 0 Å². The minimum absolute atomic E-state index is 0.0408. The molecule has 0 bridgehead atoms. The van der Waals surface area contributed by atoms with E-state index in [9.17, 15) is 4.79 Å². The van der Waals surface area contributed by atoms with E-state index in [4.69, 9.17) is 4.42 Å². The van der Waals surface area contributed by atoms with Gasteiger partial charge in [-0.2, -0.15) is 0 Å². The molecule has 0 aliphatic rings. The summed E-state index contributed by atoms with van der Waals surface area (Å²) in [6, 6.07) is 3.66. The largest absolute Gasteiger partial charge is 0.465 e. The number of carbonyl (C=O) groups is 1. The predicted octanol–water partition coefficient (Wildman–Crippen LogP) is 2.44. The van der Waals surface area contributed by atoms with E-state index < -0.39 is 0 Å². The van der Waals surface area contributed by atoms with Crippen molar-refractivity contribution in [3.8, 4) is 0 Å². The Morgan fingerprint density at radius 1 is 1.50 bits per heavy atom. The number of hydrogen-bond donors (Lipinski definition) is 0. The van der Waals surface area contributed by atoms with E-state index in [0.29, 0.717) is 0 Å². The third-order valence-electron chi connectivity index (χ3n) is 1.25. The molecule has 0 unspecified atom stereocenters. The number of rotatable bonds is 3. The normalized spacial score (nSPS) is 11.4. The third kappa shape index (κ3) is 3.01. The number of furan rings is 1. The smallest absolute Gasteiger partial charge is 0.152 e. The van der Waals surface area contributed by atoms with E-state index >= 15 is 0 Å². The molecule has 2 nitrogen and oxygen atoms in total. The molecule has 0 aromatic carbocycles. The summed E-state index contributed by atoms with van der Waals surface area (Å²) in [5, 5.41) is 0. The summed E-state index contributed by atoms with van der Waals surface area (Å²) < 4.78 is 5.03. The fraction of sp³-hybridized carbons (Fsp3) is 0.100. The number of carbonyl (C=O) groups excluding carboxylic acids is 1. The van der Waals surface area contributed by atoms with Crippen LogP contribution >= 0.6 is 0 Å². The highest BCUT2D eigenvalue weighted by molar-refractivity contribution is 5.87. The van der Waals surface area contributed by atoms with Crippen LogP contribution in [0.3, 0.4) is 0 Å². The van der Waals surface area contributed by atoms with Crippen molar-refractivity contribution in [3.63, 3.8) is 0 Å². The molecule has 0 aliphatic heterocycles. The Morgan fingerprint density at radius 3 is 2.92 bits per heavy atom. The first-order chi connectivity index (χ1) is 5.79. The molecule has 0 amide bonds. The van der Waals surface area contributed by atoms with Crippen molar-refractivity contribution in [2.45, 2.75) is 6.92 Å². The molecule has 2 heteroatoms. The molecule has 1 rings (SSSR count). The highest BCUT2D eigenvalue weighted by Crippen LogP contribution is 2.01. The minimum atomic E-state index is 0.0408. The van der Waals surface area contributed by atoms with E-state index in [0.717, 1.165) is 5.76 Å². The van der Waals surface area contributed by atoms with Gasteiger partial charge < -0.3 is 4.42 Å². The van der Waals surface area contributed by atoms with Crippen LogP contribution in [-0.4, -0.2) is 5.78 Å². The van der Waals surface area contributed by atoms with Crippen molar-refractivity contribution in [2.75, 3.05) is 0 Å². The molecule has 12 heavy (non-hydrogen) atoms. The number of hydrogen-bond acceptors (Lipinski definition) is 2. The van der Waals surface area contributed by atoms with Crippen LogP contribution in [0.5, 0.6) is 0 Å². The number of allylic oxidation sites excluding steroid dienone is 3. The van der Waals surface area contributed by atoms with Crippen molar-refractivity contribution >= 4 is 11.9 Å². The molecule has 0 saturated heterocycles. The lowest BCUT2D eigenvalue weighted by Gasteiger charge is -1.79. The predicted molar refractivity (Wildman–Crippen MR) is 47.6 cm³/mol. The second-order valence-electron chi connectivity index (χ2n) is 2.34. The maximum absolute atomic E-state index is 10.5. The fourth-order valence-corrected chi connectivity index (χ4v) is 0.728. The molecule has 0 atom stereocenters. The Bertz CT molecular complexity index is 292. The van der Waals surface area contributed by atoms with Gasteiger partial charge in [-0.05, 0) is 31.2 Å². The van der Waals surface area contributed by atoms with E-state index in [2.05, 4.69) is 0 Å². The van der Waals surface area contributed by atoms with Gasteiger partial charge in [-0.1, -0.05) is 12.2 Å². The van der Waals surface area contributed by atoms with Gasteiger partial charge in [-0.3, -0.25) is 4.79 Å².